The molecule has 0 atom stereocenters. The molecule has 0 aliphatic rings. The number of carbonyl (C=O) groups excluding carboxylic acids is 1. The number of amides is 1. The molecule has 1 aromatic rings. The van der Waals surface area contributed by atoms with Gasteiger partial charge in [-0.05, 0) is 0 Å². The zero-order valence-electron chi connectivity index (χ0n) is 9.77. The Morgan fingerprint density at radius 2 is 2.12 bits per heavy atom. The molecule has 90 valence electrons. The molecule has 4 nitrogen and oxygen atoms in total. The van der Waals surface area contributed by atoms with Gasteiger partial charge in [0.2, 0.25) is 0 Å². The molecular formula is C12H14N2O2Se. The summed E-state index contributed by atoms with van der Waals surface area (Å²) in [6.45, 7) is 4.36. The first kappa shape index (κ1) is 13.6. The van der Waals surface area contributed by atoms with Crippen molar-refractivity contribution in [1.29, 1.82) is 5.26 Å². The third kappa shape index (κ3) is 5.39. The summed E-state index contributed by atoms with van der Waals surface area (Å²) in [5.74, 6) is 0.321. The van der Waals surface area contributed by atoms with Crippen LogP contribution in [-0.4, -0.2) is 27.7 Å². The summed E-state index contributed by atoms with van der Waals surface area (Å²) >= 11 is -0.156. The van der Waals surface area contributed by atoms with Crippen LogP contribution in [0, 0.1) is 16.1 Å². The van der Waals surface area contributed by atoms with Crippen molar-refractivity contribution in [2.24, 2.45) is 5.92 Å². The zero-order chi connectivity index (χ0) is 12.7. The number of anilines is 1. The molecule has 1 aromatic carbocycles. The van der Waals surface area contributed by atoms with Crippen LogP contribution in [0.4, 0.5) is 10.5 Å². The van der Waals surface area contributed by atoms with E-state index in [9.17, 15) is 4.79 Å². The standard InChI is InChI=1S/C12H14N2O2Se/c1-9(2)7-16-12(15)14-10-3-5-11(6-4-10)17-8-13/h3-6,9H,7H2,1-2H3,(H,14,15). The topological polar surface area (TPSA) is 62.1 Å². The van der Waals surface area contributed by atoms with Crippen LogP contribution in [0.2, 0.25) is 0 Å². The zero-order valence-corrected chi connectivity index (χ0v) is 11.5. The molecule has 1 N–H and O–H groups in total. The van der Waals surface area contributed by atoms with Gasteiger partial charge in [0.25, 0.3) is 0 Å². The van der Waals surface area contributed by atoms with E-state index in [0.717, 1.165) is 4.46 Å². The number of rotatable bonds is 4. The number of hydrogen-bond donors (Lipinski definition) is 1. The third-order valence-electron chi connectivity index (χ3n) is 1.81. The van der Waals surface area contributed by atoms with Crippen LogP contribution in [0.25, 0.3) is 0 Å². The summed E-state index contributed by atoms with van der Waals surface area (Å²) in [6.07, 6.45) is -0.447. The molecule has 5 heteroatoms. The first-order valence-electron chi connectivity index (χ1n) is 5.21. The Balaban J connectivity index is 2.46. The second kappa shape index (κ2) is 6.95. The van der Waals surface area contributed by atoms with E-state index in [0.29, 0.717) is 18.2 Å². The van der Waals surface area contributed by atoms with Crippen molar-refractivity contribution in [3.05, 3.63) is 24.3 Å². The molecule has 0 radical (unpaired) electrons. The Kier molecular flexibility index (Phi) is 5.54. The van der Waals surface area contributed by atoms with Crippen molar-refractivity contribution in [3.63, 3.8) is 0 Å². The van der Waals surface area contributed by atoms with E-state index in [2.05, 4.69) is 10.3 Å². The second-order valence-electron chi connectivity index (χ2n) is 3.84. The van der Waals surface area contributed by atoms with Gasteiger partial charge < -0.3 is 0 Å². The van der Waals surface area contributed by atoms with Gasteiger partial charge >= 0.3 is 107 Å². The van der Waals surface area contributed by atoms with Crippen molar-refractivity contribution in [3.8, 4) is 4.97 Å². The molecule has 0 spiro atoms. The van der Waals surface area contributed by atoms with Gasteiger partial charge in [0.15, 0.2) is 0 Å². The SMILES string of the molecule is CC(C)COC(=O)Nc1ccc([Se]C#N)cc1. The summed E-state index contributed by atoms with van der Waals surface area (Å²) in [7, 11) is 0. The Morgan fingerprint density at radius 3 is 2.65 bits per heavy atom. The van der Waals surface area contributed by atoms with Crippen LogP contribution in [0.15, 0.2) is 24.3 Å². The van der Waals surface area contributed by atoms with Crippen molar-refractivity contribution in [2.45, 2.75) is 13.8 Å². The van der Waals surface area contributed by atoms with Crippen molar-refractivity contribution >= 4 is 31.2 Å². The van der Waals surface area contributed by atoms with Crippen LogP contribution in [0.5, 0.6) is 0 Å². The van der Waals surface area contributed by atoms with Crippen LogP contribution in [0.3, 0.4) is 0 Å². The summed E-state index contributed by atoms with van der Waals surface area (Å²) < 4.78 is 5.97. The normalized spacial score (nSPS) is 9.76. The molecule has 0 bridgehead atoms. The summed E-state index contributed by atoms with van der Waals surface area (Å²) in [6, 6.07) is 7.21. The first-order valence-corrected chi connectivity index (χ1v) is 6.93. The van der Waals surface area contributed by atoms with E-state index in [-0.39, 0.29) is 15.0 Å². The van der Waals surface area contributed by atoms with E-state index >= 15 is 0 Å². The molecule has 0 saturated heterocycles. The molecular weight excluding hydrogens is 283 g/mol. The van der Waals surface area contributed by atoms with Crippen LogP contribution < -0.4 is 9.78 Å². The Morgan fingerprint density at radius 1 is 1.47 bits per heavy atom. The molecule has 0 fully saturated rings. The molecule has 0 unspecified atom stereocenters. The van der Waals surface area contributed by atoms with Gasteiger partial charge in [-0.1, -0.05) is 0 Å². The number of nitrogens with one attached hydrogen (secondary N) is 1. The van der Waals surface area contributed by atoms with Gasteiger partial charge in [-0.25, -0.2) is 0 Å². The predicted octanol–water partition coefficient (Wildman–Crippen LogP) is 1.70. The van der Waals surface area contributed by atoms with Gasteiger partial charge in [-0.3, -0.25) is 0 Å². The van der Waals surface area contributed by atoms with Gasteiger partial charge in [-0.2, -0.15) is 0 Å². The maximum absolute atomic E-state index is 11.3. The molecule has 0 aliphatic heterocycles. The van der Waals surface area contributed by atoms with E-state index in [1.807, 2.05) is 26.0 Å². The fourth-order valence-electron chi connectivity index (χ4n) is 1.06. The number of benzene rings is 1. The average Bonchev–Trinajstić information content (AvgIpc) is 2.29. The van der Waals surface area contributed by atoms with Crippen LogP contribution in [0.1, 0.15) is 13.8 Å². The maximum atomic E-state index is 11.3. The minimum atomic E-state index is -0.447. The molecule has 1 amide bonds. The molecule has 1 rings (SSSR count). The average molecular weight is 297 g/mol. The van der Waals surface area contributed by atoms with E-state index < -0.39 is 6.09 Å². The third-order valence-corrected chi connectivity index (χ3v) is 3.07. The van der Waals surface area contributed by atoms with Crippen LogP contribution in [-0.2, 0) is 4.74 Å². The van der Waals surface area contributed by atoms with Crippen molar-refractivity contribution in [2.75, 3.05) is 11.9 Å². The fraction of sp³-hybridized carbons (Fsp3) is 0.333. The van der Waals surface area contributed by atoms with E-state index in [1.165, 1.54) is 0 Å². The van der Waals surface area contributed by atoms with E-state index in [4.69, 9.17) is 10.00 Å². The summed E-state index contributed by atoms with van der Waals surface area (Å²) in [5, 5.41) is 11.2. The van der Waals surface area contributed by atoms with Gasteiger partial charge in [0, 0.05) is 0 Å². The molecule has 0 aromatic heterocycles. The molecule has 0 heterocycles. The van der Waals surface area contributed by atoms with Crippen molar-refractivity contribution in [1.82, 2.24) is 0 Å². The van der Waals surface area contributed by atoms with Crippen molar-refractivity contribution < 1.29 is 9.53 Å². The molecule has 0 aliphatic carbocycles. The number of nitrogens with zero attached hydrogens (tertiary/aromatic N) is 1. The first-order chi connectivity index (χ1) is 8.11. The Bertz CT molecular complexity index is 410. The van der Waals surface area contributed by atoms with Gasteiger partial charge in [0.05, 0.1) is 0 Å². The second-order valence-corrected chi connectivity index (χ2v) is 5.64. The number of hydrogen-bond acceptors (Lipinski definition) is 3. The van der Waals surface area contributed by atoms with E-state index in [1.54, 1.807) is 12.1 Å². The summed E-state index contributed by atoms with van der Waals surface area (Å²) in [4.78, 5) is 13.5. The van der Waals surface area contributed by atoms with Crippen LogP contribution >= 0.6 is 0 Å². The number of ether oxygens (including phenoxy) is 1. The molecule has 17 heavy (non-hydrogen) atoms. The van der Waals surface area contributed by atoms with Gasteiger partial charge in [0.1, 0.15) is 0 Å². The van der Waals surface area contributed by atoms with Gasteiger partial charge in [-0.15, -0.1) is 0 Å². The Labute approximate surface area is 107 Å². The monoisotopic (exact) mass is 298 g/mol. The molecule has 0 saturated carbocycles. The Hall–Kier alpha value is -1.50. The number of nitriles is 1. The quantitative estimate of drug-likeness (QED) is 0.860. The number of carbonyl (C=O) groups is 1. The summed E-state index contributed by atoms with van der Waals surface area (Å²) in [5.41, 5.74) is 0.677. The fourth-order valence-corrected chi connectivity index (χ4v) is 1.85. The predicted molar refractivity (Wildman–Crippen MR) is 67.3 cm³/mol. The minimum absolute atomic E-state index is 0.156.